The molecule has 2 amide bonds. The van der Waals surface area contributed by atoms with Gasteiger partial charge in [0.25, 0.3) is 5.91 Å². The molecule has 6 rings (SSSR count). The first kappa shape index (κ1) is 26.7. The summed E-state index contributed by atoms with van der Waals surface area (Å²) in [6, 6.07) is 23.5. The van der Waals surface area contributed by atoms with Crippen molar-refractivity contribution in [2.45, 2.75) is 69.1 Å². The molecule has 0 bridgehead atoms. The molecule has 1 N–H and O–H groups in total. The first-order chi connectivity index (χ1) is 19.6. The van der Waals surface area contributed by atoms with Gasteiger partial charge in [-0.15, -0.1) is 0 Å². The Labute approximate surface area is 236 Å². The number of nitrogens with zero attached hydrogens (tertiary/aromatic N) is 2. The van der Waals surface area contributed by atoms with Gasteiger partial charge >= 0.3 is 0 Å². The number of methoxy groups -OCH3 is 1. The van der Waals surface area contributed by atoms with Crippen molar-refractivity contribution < 1.29 is 19.4 Å². The number of hydrogen-bond acceptors (Lipinski definition) is 4. The molecule has 2 atom stereocenters. The van der Waals surface area contributed by atoms with Crippen LogP contribution in [0.25, 0.3) is 0 Å². The Kier molecular flexibility index (Phi) is 7.47. The number of ether oxygens (including phenoxy) is 1. The molecule has 0 saturated heterocycles. The van der Waals surface area contributed by atoms with Gasteiger partial charge in [0.1, 0.15) is 5.41 Å². The van der Waals surface area contributed by atoms with Gasteiger partial charge in [-0.3, -0.25) is 9.59 Å². The number of rotatable bonds is 7. The molecule has 3 aromatic rings. The lowest BCUT2D eigenvalue weighted by molar-refractivity contribution is -0.128. The Morgan fingerprint density at radius 1 is 0.925 bits per heavy atom. The van der Waals surface area contributed by atoms with E-state index in [2.05, 4.69) is 11.0 Å². The number of carbonyl (C=O) groups is 2. The molecule has 6 nitrogen and oxygen atoms in total. The summed E-state index contributed by atoms with van der Waals surface area (Å²) in [5.74, 6) is 0.0567. The highest BCUT2D eigenvalue weighted by Crippen LogP contribution is 2.55. The fourth-order valence-corrected chi connectivity index (χ4v) is 7.35. The average Bonchev–Trinajstić information content (AvgIpc) is 3.01. The first-order valence-corrected chi connectivity index (χ1v) is 14.6. The van der Waals surface area contributed by atoms with E-state index >= 15 is 4.79 Å². The summed E-state index contributed by atoms with van der Waals surface area (Å²) in [6.07, 6.45) is 6.46. The minimum atomic E-state index is -0.982. The number of aliphatic hydroxyl groups is 1. The zero-order valence-corrected chi connectivity index (χ0v) is 23.2. The van der Waals surface area contributed by atoms with Gasteiger partial charge in [0, 0.05) is 37.6 Å². The number of aliphatic hydroxyl groups excluding tert-OH is 1. The predicted octanol–water partition coefficient (Wildman–Crippen LogP) is 5.57. The van der Waals surface area contributed by atoms with Crippen LogP contribution in [0.15, 0.2) is 72.8 Å². The number of carbonyl (C=O) groups excluding carboxylic acids is 2. The fraction of sp³-hybridized carbons (Fsp3) is 0.412. The third-order valence-corrected chi connectivity index (χ3v) is 9.17. The van der Waals surface area contributed by atoms with Crippen molar-refractivity contribution in [3.8, 4) is 0 Å². The van der Waals surface area contributed by atoms with Gasteiger partial charge in [-0.2, -0.15) is 0 Å². The Morgan fingerprint density at radius 2 is 1.65 bits per heavy atom. The van der Waals surface area contributed by atoms with E-state index in [1.807, 2.05) is 71.6 Å². The molecule has 6 heteroatoms. The zero-order valence-electron chi connectivity index (χ0n) is 23.2. The van der Waals surface area contributed by atoms with E-state index in [0.29, 0.717) is 25.1 Å². The van der Waals surface area contributed by atoms with Crippen molar-refractivity contribution in [3.05, 3.63) is 101 Å². The van der Waals surface area contributed by atoms with Crippen molar-refractivity contribution in [3.63, 3.8) is 0 Å². The van der Waals surface area contributed by atoms with Gasteiger partial charge in [0.15, 0.2) is 0 Å². The van der Waals surface area contributed by atoms with Crippen LogP contribution in [-0.2, 0) is 28.0 Å². The molecule has 3 aliphatic rings. The van der Waals surface area contributed by atoms with Crippen molar-refractivity contribution >= 4 is 17.5 Å². The standard InChI is InChI=1S/C34H38N2O4/c1-40-21-9-20-35-30-15-8-5-10-26(30)22-34(33(35)39)29-14-7-6-13-28(29)32(38)36(27-11-3-2-4-12-27)31(34)25-18-16-24(23-37)17-19-25/h5-8,10,13-19,27,31,37H,2-4,9,11-12,20-23H2,1H3/t31-,34-/m0/s1. The Bertz CT molecular complexity index is 1380. The summed E-state index contributed by atoms with van der Waals surface area (Å²) >= 11 is 0. The Morgan fingerprint density at radius 3 is 2.40 bits per heavy atom. The molecule has 208 valence electrons. The number of benzene rings is 3. The second-order valence-electron chi connectivity index (χ2n) is 11.4. The molecule has 2 aliphatic heterocycles. The van der Waals surface area contributed by atoms with Crippen molar-refractivity contribution in [1.82, 2.24) is 4.90 Å². The first-order valence-electron chi connectivity index (χ1n) is 14.6. The molecular weight excluding hydrogens is 500 g/mol. The molecule has 2 heterocycles. The summed E-state index contributed by atoms with van der Waals surface area (Å²) in [5.41, 5.74) is 4.29. The van der Waals surface area contributed by atoms with E-state index in [9.17, 15) is 9.90 Å². The molecule has 1 fully saturated rings. The van der Waals surface area contributed by atoms with Crippen LogP contribution in [0.4, 0.5) is 5.69 Å². The lowest BCUT2D eigenvalue weighted by Gasteiger charge is -2.55. The lowest BCUT2D eigenvalue weighted by Crippen LogP contribution is -2.64. The van der Waals surface area contributed by atoms with Gasteiger partial charge in [-0.05, 0) is 60.1 Å². The van der Waals surface area contributed by atoms with Crippen LogP contribution in [0, 0.1) is 0 Å². The highest BCUT2D eigenvalue weighted by Gasteiger charge is 2.60. The van der Waals surface area contributed by atoms with Gasteiger partial charge in [0.2, 0.25) is 5.91 Å². The summed E-state index contributed by atoms with van der Waals surface area (Å²) in [4.78, 5) is 33.6. The van der Waals surface area contributed by atoms with Crippen LogP contribution >= 0.6 is 0 Å². The number of anilines is 1. The molecule has 0 unspecified atom stereocenters. The van der Waals surface area contributed by atoms with Crippen LogP contribution in [0.5, 0.6) is 0 Å². The fourth-order valence-electron chi connectivity index (χ4n) is 7.35. The van der Waals surface area contributed by atoms with E-state index < -0.39 is 11.5 Å². The minimum Gasteiger partial charge on any atom is -0.392 e. The SMILES string of the molecule is COCCCN1C(=O)[C@@]2(Cc3ccccc31)c1ccccc1C(=O)N(C1CCCCC1)[C@H]2c1ccc(CO)cc1. The Balaban J connectivity index is 1.61. The maximum Gasteiger partial charge on any atom is 0.254 e. The maximum atomic E-state index is 15.2. The molecule has 1 spiro atoms. The van der Waals surface area contributed by atoms with Gasteiger partial charge in [0.05, 0.1) is 12.6 Å². The van der Waals surface area contributed by atoms with Crippen molar-refractivity contribution in [2.75, 3.05) is 25.2 Å². The third-order valence-electron chi connectivity index (χ3n) is 9.17. The summed E-state index contributed by atoms with van der Waals surface area (Å²) < 4.78 is 5.36. The van der Waals surface area contributed by atoms with Crippen LogP contribution in [-0.4, -0.2) is 48.1 Å². The average molecular weight is 539 g/mol. The molecule has 1 aliphatic carbocycles. The van der Waals surface area contributed by atoms with E-state index in [4.69, 9.17) is 4.74 Å². The second kappa shape index (κ2) is 11.2. The third kappa shape index (κ3) is 4.34. The number of fused-ring (bicyclic) bond motifs is 3. The second-order valence-corrected chi connectivity index (χ2v) is 11.4. The van der Waals surface area contributed by atoms with E-state index in [-0.39, 0.29) is 24.5 Å². The lowest BCUT2D eigenvalue weighted by atomic mass is 9.61. The van der Waals surface area contributed by atoms with Crippen LogP contribution < -0.4 is 4.90 Å². The topological polar surface area (TPSA) is 70.1 Å². The number of amides is 2. The maximum absolute atomic E-state index is 15.2. The van der Waals surface area contributed by atoms with Gasteiger partial charge < -0.3 is 19.6 Å². The monoisotopic (exact) mass is 538 g/mol. The van der Waals surface area contributed by atoms with E-state index in [1.165, 1.54) is 6.42 Å². The largest absolute Gasteiger partial charge is 0.392 e. The molecule has 3 aromatic carbocycles. The highest BCUT2D eigenvalue weighted by atomic mass is 16.5. The molecule has 0 radical (unpaired) electrons. The van der Waals surface area contributed by atoms with E-state index in [0.717, 1.165) is 60.0 Å². The van der Waals surface area contributed by atoms with Gasteiger partial charge in [-0.1, -0.05) is 79.9 Å². The smallest absolute Gasteiger partial charge is 0.254 e. The number of para-hydroxylation sites is 1. The van der Waals surface area contributed by atoms with Gasteiger partial charge in [-0.25, -0.2) is 0 Å². The van der Waals surface area contributed by atoms with Crippen LogP contribution in [0.3, 0.4) is 0 Å². The van der Waals surface area contributed by atoms with Crippen LogP contribution in [0.2, 0.25) is 0 Å². The molecule has 1 saturated carbocycles. The Hall–Kier alpha value is -3.48. The predicted molar refractivity (Wildman–Crippen MR) is 155 cm³/mol. The molecule has 40 heavy (non-hydrogen) atoms. The van der Waals surface area contributed by atoms with Crippen molar-refractivity contribution in [2.24, 2.45) is 0 Å². The summed E-state index contributed by atoms with van der Waals surface area (Å²) in [5, 5.41) is 9.76. The van der Waals surface area contributed by atoms with E-state index in [1.54, 1.807) is 7.11 Å². The summed E-state index contributed by atoms with van der Waals surface area (Å²) in [6.45, 7) is 1.05. The van der Waals surface area contributed by atoms with Crippen molar-refractivity contribution in [1.29, 1.82) is 0 Å². The van der Waals surface area contributed by atoms with Crippen LogP contribution in [0.1, 0.15) is 77.2 Å². The summed E-state index contributed by atoms with van der Waals surface area (Å²) in [7, 11) is 1.69. The minimum absolute atomic E-state index is 0.0157. The molecule has 0 aromatic heterocycles. The number of hydrogen-bond donors (Lipinski definition) is 1. The highest BCUT2D eigenvalue weighted by molar-refractivity contribution is 6.10. The zero-order chi connectivity index (χ0) is 27.7. The quantitative estimate of drug-likeness (QED) is 0.399. The normalized spacial score (nSPS) is 22.9. The molecular formula is C34H38N2O4.